The fourth-order valence-electron chi connectivity index (χ4n) is 2.45. The van der Waals surface area contributed by atoms with Gasteiger partial charge in [0.25, 0.3) is 0 Å². The minimum absolute atomic E-state index is 0.802. The van der Waals surface area contributed by atoms with E-state index in [1.54, 1.807) is 12.4 Å². The van der Waals surface area contributed by atoms with Crippen LogP contribution in [0.5, 0.6) is 0 Å². The lowest BCUT2D eigenvalue weighted by Crippen LogP contribution is -1.95. The predicted molar refractivity (Wildman–Crippen MR) is 95.3 cm³/mol. The molecular weight excluding hydrogens is 282 g/mol. The molecule has 0 radical (unpaired) electrons. The van der Waals surface area contributed by atoms with Crippen molar-refractivity contribution in [3.8, 4) is 22.4 Å². The number of nitrogens with zero attached hydrogens (tertiary/aromatic N) is 2. The summed E-state index contributed by atoms with van der Waals surface area (Å²) in [4.78, 5) is 8.79. The van der Waals surface area contributed by atoms with Gasteiger partial charge in [-0.25, -0.2) is 4.98 Å². The van der Waals surface area contributed by atoms with Crippen LogP contribution >= 0.6 is 0 Å². The number of nitrogens with one attached hydrogen (secondary N) is 1. The van der Waals surface area contributed by atoms with Crippen LogP contribution in [0.3, 0.4) is 0 Å². The molecule has 0 atom stereocenters. The fourth-order valence-corrected chi connectivity index (χ4v) is 2.45. The summed E-state index contributed by atoms with van der Waals surface area (Å²) in [5, 5.41) is 7.60. The zero-order chi connectivity index (χ0) is 16.1. The molecule has 1 N–H and O–H groups in total. The number of hydrogen-bond donors (Lipinski definition) is 1. The van der Waals surface area contributed by atoms with Crippen LogP contribution in [0.15, 0.2) is 73.1 Å². The van der Waals surface area contributed by atoms with Gasteiger partial charge in [-0.3, -0.25) is 4.98 Å². The molecule has 3 aromatic rings. The normalized spacial score (nSPS) is 11.3. The van der Waals surface area contributed by atoms with E-state index in [0.29, 0.717) is 0 Å². The molecule has 3 nitrogen and oxygen atoms in total. The monoisotopic (exact) mass is 299 g/mol. The van der Waals surface area contributed by atoms with Crippen molar-refractivity contribution in [2.45, 2.75) is 6.92 Å². The molecule has 0 saturated carbocycles. The summed E-state index contributed by atoms with van der Waals surface area (Å²) in [6, 6.07) is 18.2. The van der Waals surface area contributed by atoms with Crippen molar-refractivity contribution in [2.75, 3.05) is 0 Å². The Morgan fingerprint density at radius 1 is 0.913 bits per heavy atom. The van der Waals surface area contributed by atoms with Gasteiger partial charge in [-0.15, -0.1) is 0 Å². The van der Waals surface area contributed by atoms with Crippen LogP contribution in [0, 0.1) is 5.41 Å². The molecule has 0 aliphatic heterocycles. The number of rotatable bonds is 4. The zero-order valence-corrected chi connectivity index (χ0v) is 12.9. The largest absolute Gasteiger partial charge is 0.308 e. The minimum atomic E-state index is 0.802. The lowest BCUT2D eigenvalue weighted by Gasteiger charge is -2.10. The summed E-state index contributed by atoms with van der Waals surface area (Å²) in [6.07, 6.45) is 6.77. The van der Waals surface area contributed by atoms with Crippen molar-refractivity contribution in [1.82, 2.24) is 9.97 Å². The highest BCUT2D eigenvalue weighted by Gasteiger charge is 2.08. The third-order valence-corrected chi connectivity index (χ3v) is 3.67. The Balaban J connectivity index is 2.21. The van der Waals surface area contributed by atoms with Gasteiger partial charge in [-0.1, -0.05) is 36.4 Å². The van der Waals surface area contributed by atoms with Gasteiger partial charge in [0.2, 0.25) is 0 Å². The van der Waals surface area contributed by atoms with Crippen LogP contribution in [0.25, 0.3) is 28.0 Å². The second kappa shape index (κ2) is 6.79. The first-order chi connectivity index (χ1) is 11.3. The van der Waals surface area contributed by atoms with Gasteiger partial charge in [-0.05, 0) is 42.3 Å². The van der Waals surface area contributed by atoms with E-state index in [1.807, 2.05) is 49.4 Å². The van der Waals surface area contributed by atoms with E-state index in [0.717, 1.165) is 33.7 Å². The summed E-state index contributed by atoms with van der Waals surface area (Å²) in [5.74, 6) is 0. The smallest absolute Gasteiger partial charge is 0.0727 e. The maximum Gasteiger partial charge on any atom is 0.0727 e. The molecular formula is C20H17N3. The van der Waals surface area contributed by atoms with E-state index in [-0.39, 0.29) is 0 Å². The molecule has 0 bridgehead atoms. The second-order valence-electron chi connectivity index (χ2n) is 5.12. The molecule has 3 heteroatoms. The Morgan fingerprint density at radius 2 is 1.65 bits per heavy atom. The van der Waals surface area contributed by atoms with Gasteiger partial charge in [0.1, 0.15) is 0 Å². The molecule has 2 heterocycles. The number of benzene rings is 1. The summed E-state index contributed by atoms with van der Waals surface area (Å²) >= 11 is 0. The van der Waals surface area contributed by atoms with E-state index >= 15 is 0 Å². The molecule has 112 valence electrons. The molecule has 0 aliphatic rings. The highest BCUT2D eigenvalue weighted by Crippen LogP contribution is 2.27. The molecule has 3 rings (SSSR count). The van der Waals surface area contributed by atoms with Crippen LogP contribution < -0.4 is 0 Å². The fraction of sp³-hybridized carbons (Fsp3) is 0.0500. The highest BCUT2D eigenvalue weighted by molar-refractivity contribution is 6.07. The van der Waals surface area contributed by atoms with Crippen molar-refractivity contribution >= 4 is 11.8 Å². The summed E-state index contributed by atoms with van der Waals surface area (Å²) in [7, 11) is 0. The summed E-state index contributed by atoms with van der Waals surface area (Å²) < 4.78 is 0. The lowest BCUT2D eigenvalue weighted by molar-refractivity contribution is 1.26. The van der Waals surface area contributed by atoms with Crippen LogP contribution in [0.1, 0.15) is 12.6 Å². The summed E-state index contributed by atoms with van der Waals surface area (Å²) in [5.41, 5.74) is 5.72. The maximum atomic E-state index is 7.60. The quantitative estimate of drug-likeness (QED) is 0.699. The van der Waals surface area contributed by atoms with Gasteiger partial charge in [0.05, 0.1) is 11.4 Å². The Bertz CT molecular complexity index is 780. The zero-order valence-electron chi connectivity index (χ0n) is 12.9. The number of allylic oxidation sites excluding steroid dienone is 2. The summed E-state index contributed by atoms with van der Waals surface area (Å²) in [6.45, 7) is 1.92. The second-order valence-corrected chi connectivity index (χ2v) is 5.12. The third-order valence-electron chi connectivity index (χ3n) is 3.67. The van der Waals surface area contributed by atoms with Crippen LogP contribution in [0.4, 0.5) is 0 Å². The average Bonchev–Trinajstić information content (AvgIpc) is 2.64. The van der Waals surface area contributed by atoms with E-state index < -0.39 is 0 Å². The van der Waals surface area contributed by atoms with E-state index in [4.69, 9.17) is 10.4 Å². The molecule has 0 amide bonds. The Kier molecular flexibility index (Phi) is 4.39. The molecule has 0 spiro atoms. The highest BCUT2D eigenvalue weighted by atomic mass is 14.7. The van der Waals surface area contributed by atoms with E-state index in [2.05, 4.69) is 23.2 Å². The van der Waals surface area contributed by atoms with Gasteiger partial charge in [0.15, 0.2) is 0 Å². The van der Waals surface area contributed by atoms with Gasteiger partial charge in [-0.2, -0.15) is 0 Å². The van der Waals surface area contributed by atoms with Crippen molar-refractivity contribution < 1.29 is 0 Å². The number of pyridine rings is 2. The Labute approximate surface area is 135 Å². The SMILES string of the molecule is C/C=C(\C=N)c1cc(-c2ccccc2)cc(-c2ccncc2)n1. The molecule has 1 aromatic carbocycles. The van der Waals surface area contributed by atoms with Crippen LogP contribution in [-0.2, 0) is 0 Å². The number of aromatic nitrogens is 2. The van der Waals surface area contributed by atoms with Crippen molar-refractivity contribution in [3.05, 3.63) is 78.8 Å². The van der Waals surface area contributed by atoms with Crippen molar-refractivity contribution in [2.24, 2.45) is 0 Å². The lowest BCUT2D eigenvalue weighted by atomic mass is 10.0. The first kappa shape index (κ1) is 14.9. The Hall–Kier alpha value is -3.07. The minimum Gasteiger partial charge on any atom is -0.308 e. The average molecular weight is 299 g/mol. The first-order valence-electron chi connectivity index (χ1n) is 7.47. The third kappa shape index (κ3) is 3.24. The Morgan fingerprint density at radius 3 is 2.30 bits per heavy atom. The molecule has 23 heavy (non-hydrogen) atoms. The molecule has 0 aliphatic carbocycles. The van der Waals surface area contributed by atoms with Gasteiger partial charge in [0, 0.05) is 29.7 Å². The first-order valence-corrected chi connectivity index (χ1v) is 7.47. The van der Waals surface area contributed by atoms with Gasteiger partial charge < -0.3 is 5.41 Å². The van der Waals surface area contributed by atoms with Gasteiger partial charge >= 0.3 is 0 Å². The van der Waals surface area contributed by atoms with E-state index in [1.165, 1.54) is 6.21 Å². The molecule has 0 unspecified atom stereocenters. The van der Waals surface area contributed by atoms with Crippen molar-refractivity contribution in [3.63, 3.8) is 0 Å². The topological polar surface area (TPSA) is 49.6 Å². The molecule has 0 fully saturated rings. The van der Waals surface area contributed by atoms with Crippen molar-refractivity contribution in [1.29, 1.82) is 5.41 Å². The standard InChI is InChI=1S/C20H17N3/c1-2-15(14-21)19-12-18(16-6-4-3-5-7-16)13-20(23-19)17-8-10-22-11-9-17/h2-14,21H,1H3/b15-2+,21-14?. The predicted octanol–water partition coefficient (Wildman–Crippen LogP) is 4.86. The maximum absolute atomic E-state index is 7.60. The number of hydrogen-bond acceptors (Lipinski definition) is 3. The van der Waals surface area contributed by atoms with Crippen LogP contribution in [-0.4, -0.2) is 16.2 Å². The van der Waals surface area contributed by atoms with E-state index in [9.17, 15) is 0 Å². The van der Waals surface area contributed by atoms with Crippen LogP contribution in [0.2, 0.25) is 0 Å². The molecule has 0 saturated heterocycles. The molecule has 2 aromatic heterocycles.